The molecule has 1 unspecified atom stereocenters. The summed E-state index contributed by atoms with van der Waals surface area (Å²) in [6.07, 6.45) is 5.57. The third-order valence-corrected chi connectivity index (χ3v) is 3.16. The highest BCUT2D eigenvalue weighted by Crippen LogP contribution is 2.33. The van der Waals surface area contributed by atoms with Crippen LogP contribution in [0.4, 0.5) is 4.79 Å². The first-order valence-corrected chi connectivity index (χ1v) is 6.76. The summed E-state index contributed by atoms with van der Waals surface area (Å²) in [5.41, 5.74) is -0.417. The molecule has 0 N–H and O–H groups in total. The van der Waals surface area contributed by atoms with Crippen LogP contribution in [0.5, 0.6) is 0 Å². The van der Waals surface area contributed by atoms with Crippen molar-refractivity contribution in [2.75, 3.05) is 6.54 Å². The Morgan fingerprint density at radius 2 is 2.00 bits per heavy atom. The minimum Gasteiger partial charge on any atom is -0.444 e. The van der Waals surface area contributed by atoms with Crippen LogP contribution in [0.2, 0.25) is 0 Å². The Kier molecular flexibility index (Phi) is 4.77. The van der Waals surface area contributed by atoms with Gasteiger partial charge in [-0.15, -0.1) is 0 Å². The fraction of sp³-hybridized carbons (Fsp3) is 0.733. The third kappa shape index (κ3) is 5.05. The molecule has 0 aliphatic carbocycles. The maximum absolute atomic E-state index is 12.3. The van der Waals surface area contributed by atoms with Crippen LogP contribution in [0.15, 0.2) is 12.2 Å². The van der Waals surface area contributed by atoms with Gasteiger partial charge in [-0.25, -0.2) is 4.79 Å². The molecule has 1 saturated heterocycles. The number of carbonyl (C=O) groups excluding carboxylic acids is 2. The molecule has 1 heterocycles. The zero-order chi connectivity index (χ0) is 14.7. The van der Waals surface area contributed by atoms with E-state index in [2.05, 4.69) is 13.8 Å². The van der Waals surface area contributed by atoms with E-state index in [1.165, 1.54) is 6.08 Å². The largest absolute Gasteiger partial charge is 0.444 e. The molecule has 0 saturated carbocycles. The van der Waals surface area contributed by atoms with Crippen LogP contribution in [-0.2, 0) is 9.53 Å². The number of hydrogen-bond acceptors (Lipinski definition) is 3. The van der Waals surface area contributed by atoms with Crippen molar-refractivity contribution in [3.05, 3.63) is 12.2 Å². The molecule has 0 spiro atoms. The molecular weight excluding hydrogens is 242 g/mol. The Balaban J connectivity index is 2.84. The minimum atomic E-state index is -0.502. The Hall–Kier alpha value is -1.32. The average Bonchev–Trinajstić information content (AvgIpc) is 2.24. The molecule has 1 atom stereocenters. The molecule has 108 valence electrons. The van der Waals surface area contributed by atoms with Gasteiger partial charge < -0.3 is 9.64 Å². The summed E-state index contributed by atoms with van der Waals surface area (Å²) in [7, 11) is 0. The fourth-order valence-electron chi connectivity index (χ4n) is 2.25. The predicted octanol–water partition coefficient (Wildman–Crippen LogP) is 3.17. The second-order valence-corrected chi connectivity index (χ2v) is 6.90. The first-order valence-electron chi connectivity index (χ1n) is 6.76. The van der Waals surface area contributed by atoms with Crippen molar-refractivity contribution < 1.29 is 14.3 Å². The van der Waals surface area contributed by atoms with E-state index < -0.39 is 5.60 Å². The lowest BCUT2D eigenvalue weighted by atomic mass is 9.81. The van der Waals surface area contributed by atoms with Crippen LogP contribution in [0.1, 0.15) is 47.5 Å². The van der Waals surface area contributed by atoms with E-state index in [-0.39, 0.29) is 17.6 Å². The molecule has 1 aliphatic rings. The summed E-state index contributed by atoms with van der Waals surface area (Å²) in [6.45, 7) is 10.5. The highest BCUT2D eigenvalue weighted by atomic mass is 16.6. The van der Waals surface area contributed by atoms with Gasteiger partial charge in [0.2, 0.25) is 0 Å². The lowest BCUT2D eigenvalue weighted by Crippen LogP contribution is -2.50. The lowest BCUT2D eigenvalue weighted by molar-refractivity contribution is -0.104. The molecule has 0 aromatic heterocycles. The van der Waals surface area contributed by atoms with Crippen LogP contribution in [-0.4, -0.2) is 35.5 Å². The van der Waals surface area contributed by atoms with Crippen LogP contribution >= 0.6 is 0 Å². The number of piperidine rings is 1. The molecule has 1 rings (SSSR count). The number of nitrogens with zero attached hydrogens (tertiary/aromatic N) is 1. The van der Waals surface area contributed by atoms with Crippen molar-refractivity contribution in [3.63, 3.8) is 0 Å². The maximum atomic E-state index is 12.3. The van der Waals surface area contributed by atoms with Crippen molar-refractivity contribution in [1.29, 1.82) is 0 Å². The van der Waals surface area contributed by atoms with Crippen LogP contribution in [0.3, 0.4) is 0 Å². The van der Waals surface area contributed by atoms with Crippen molar-refractivity contribution in [3.8, 4) is 0 Å². The standard InChI is InChI=1S/C15H25NO3/c1-14(2,3)19-13(18)16-11-15(4,5)9-8-12(16)7-6-10-17/h6-7,10,12H,8-9,11H2,1-5H3/b7-6+. The van der Waals surface area contributed by atoms with E-state index in [4.69, 9.17) is 4.74 Å². The van der Waals surface area contributed by atoms with Gasteiger partial charge in [-0.1, -0.05) is 19.9 Å². The summed E-state index contributed by atoms with van der Waals surface area (Å²) >= 11 is 0. The van der Waals surface area contributed by atoms with E-state index in [9.17, 15) is 9.59 Å². The monoisotopic (exact) mass is 267 g/mol. The Morgan fingerprint density at radius 1 is 1.37 bits per heavy atom. The van der Waals surface area contributed by atoms with Gasteiger partial charge in [-0.2, -0.15) is 0 Å². The molecule has 4 heteroatoms. The van der Waals surface area contributed by atoms with Crippen LogP contribution in [0.25, 0.3) is 0 Å². The molecule has 0 radical (unpaired) electrons. The number of aldehydes is 1. The lowest BCUT2D eigenvalue weighted by Gasteiger charge is -2.42. The molecular formula is C15H25NO3. The van der Waals surface area contributed by atoms with Crippen molar-refractivity contribution in [2.24, 2.45) is 5.41 Å². The van der Waals surface area contributed by atoms with Gasteiger partial charge >= 0.3 is 6.09 Å². The van der Waals surface area contributed by atoms with Gasteiger partial charge in [-0.05, 0) is 45.1 Å². The highest BCUT2D eigenvalue weighted by molar-refractivity contribution is 5.70. The first-order chi connectivity index (χ1) is 8.64. The average molecular weight is 267 g/mol. The van der Waals surface area contributed by atoms with Gasteiger partial charge in [-0.3, -0.25) is 4.79 Å². The molecule has 0 aromatic rings. The second-order valence-electron chi connectivity index (χ2n) is 6.90. The third-order valence-electron chi connectivity index (χ3n) is 3.16. The molecule has 1 amide bonds. The fourth-order valence-corrected chi connectivity index (χ4v) is 2.25. The summed E-state index contributed by atoms with van der Waals surface area (Å²) < 4.78 is 5.45. The molecule has 4 nitrogen and oxygen atoms in total. The first kappa shape index (κ1) is 15.7. The topological polar surface area (TPSA) is 46.6 Å². The summed E-state index contributed by atoms with van der Waals surface area (Å²) in [5, 5.41) is 0. The van der Waals surface area contributed by atoms with E-state index in [1.54, 1.807) is 11.0 Å². The predicted molar refractivity (Wildman–Crippen MR) is 74.9 cm³/mol. The van der Waals surface area contributed by atoms with E-state index in [0.29, 0.717) is 6.54 Å². The Bertz CT molecular complexity index is 366. The van der Waals surface area contributed by atoms with Gasteiger partial charge in [0, 0.05) is 6.54 Å². The Morgan fingerprint density at radius 3 is 2.53 bits per heavy atom. The number of carbonyl (C=O) groups is 2. The molecule has 19 heavy (non-hydrogen) atoms. The minimum absolute atomic E-state index is 0.0481. The highest BCUT2D eigenvalue weighted by Gasteiger charge is 2.36. The van der Waals surface area contributed by atoms with Gasteiger partial charge in [0.25, 0.3) is 0 Å². The number of allylic oxidation sites excluding steroid dienone is 1. The van der Waals surface area contributed by atoms with Gasteiger partial charge in [0.05, 0.1) is 6.04 Å². The van der Waals surface area contributed by atoms with Gasteiger partial charge in [0.15, 0.2) is 0 Å². The van der Waals surface area contributed by atoms with Crippen LogP contribution in [0, 0.1) is 5.41 Å². The molecule has 1 fully saturated rings. The molecule has 1 aliphatic heterocycles. The summed E-state index contributed by atoms with van der Waals surface area (Å²) in [4.78, 5) is 24.4. The number of amides is 1. The molecule has 0 aromatic carbocycles. The maximum Gasteiger partial charge on any atom is 0.410 e. The number of ether oxygens (including phenoxy) is 1. The van der Waals surface area contributed by atoms with E-state index >= 15 is 0 Å². The number of hydrogen-bond donors (Lipinski definition) is 0. The second kappa shape index (κ2) is 5.76. The molecule has 0 bridgehead atoms. The number of likely N-dealkylation sites (tertiary alicyclic amines) is 1. The normalized spacial score (nSPS) is 23.4. The van der Waals surface area contributed by atoms with E-state index in [0.717, 1.165) is 19.1 Å². The van der Waals surface area contributed by atoms with Crippen molar-refractivity contribution in [2.45, 2.75) is 59.1 Å². The van der Waals surface area contributed by atoms with Crippen molar-refractivity contribution >= 4 is 12.4 Å². The quantitative estimate of drug-likeness (QED) is 0.570. The zero-order valence-corrected chi connectivity index (χ0v) is 12.6. The van der Waals surface area contributed by atoms with E-state index in [1.807, 2.05) is 20.8 Å². The van der Waals surface area contributed by atoms with Crippen LogP contribution < -0.4 is 0 Å². The van der Waals surface area contributed by atoms with Gasteiger partial charge in [0.1, 0.15) is 11.9 Å². The zero-order valence-electron chi connectivity index (χ0n) is 12.6. The van der Waals surface area contributed by atoms with Crippen molar-refractivity contribution in [1.82, 2.24) is 4.90 Å². The number of rotatable bonds is 2. The SMILES string of the molecule is CC1(C)CCC(/C=C/C=O)N(C(=O)OC(C)(C)C)C1. The Labute approximate surface area is 115 Å². The summed E-state index contributed by atoms with van der Waals surface area (Å²) in [5.74, 6) is 0. The summed E-state index contributed by atoms with van der Waals surface area (Å²) in [6, 6.07) is -0.0481. The smallest absolute Gasteiger partial charge is 0.410 e.